The van der Waals surface area contributed by atoms with Crippen molar-refractivity contribution in [1.29, 1.82) is 0 Å². The second-order valence-electron chi connectivity index (χ2n) is 3.83. The lowest BCUT2D eigenvalue weighted by atomic mass is 10.2. The van der Waals surface area contributed by atoms with Crippen molar-refractivity contribution in [2.24, 2.45) is 0 Å². The summed E-state index contributed by atoms with van der Waals surface area (Å²) in [6.45, 7) is 2.10. The van der Waals surface area contributed by atoms with E-state index in [2.05, 4.69) is 21.9 Å². The first-order chi connectivity index (χ1) is 8.27. The molecular formula is C11H16N4OS. The number of imidazole rings is 1. The predicted molar refractivity (Wildman–Crippen MR) is 67.9 cm³/mol. The highest BCUT2D eigenvalue weighted by Crippen LogP contribution is 2.23. The third kappa shape index (κ3) is 2.42. The Hall–Kier alpha value is -1.14. The van der Waals surface area contributed by atoms with Gasteiger partial charge in [0, 0.05) is 0 Å². The SMILES string of the molecule is CCCCC(O)n1cnc2c(SC)ncnc21. The first-order valence-electron chi connectivity index (χ1n) is 5.67. The number of hydrogen-bond acceptors (Lipinski definition) is 5. The Balaban J connectivity index is 2.36. The summed E-state index contributed by atoms with van der Waals surface area (Å²) in [6.07, 6.45) is 7.33. The highest BCUT2D eigenvalue weighted by Gasteiger charge is 2.14. The minimum atomic E-state index is -0.551. The summed E-state index contributed by atoms with van der Waals surface area (Å²) in [5.41, 5.74) is 1.46. The molecule has 17 heavy (non-hydrogen) atoms. The second kappa shape index (κ2) is 5.46. The maximum Gasteiger partial charge on any atom is 0.166 e. The monoisotopic (exact) mass is 252 g/mol. The van der Waals surface area contributed by atoms with Gasteiger partial charge < -0.3 is 5.11 Å². The molecule has 0 aliphatic rings. The van der Waals surface area contributed by atoms with Crippen LogP contribution in [0, 0.1) is 0 Å². The second-order valence-corrected chi connectivity index (χ2v) is 4.62. The molecule has 0 spiro atoms. The molecule has 1 unspecified atom stereocenters. The number of aliphatic hydroxyl groups excluding tert-OH is 1. The highest BCUT2D eigenvalue weighted by atomic mass is 32.2. The van der Waals surface area contributed by atoms with Crippen LogP contribution >= 0.6 is 11.8 Å². The third-order valence-corrected chi connectivity index (χ3v) is 3.34. The van der Waals surface area contributed by atoms with Crippen LogP contribution in [0.3, 0.4) is 0 Å². The summed E-state index contributed by atoms with van der Waals surface area (Å²) in [5, 5.41) is 10.9. The fraction of sp³-hybridized carbons (Fsp3) is 0.545. The van der Waals surface area contributed by atoms with E-state index in [1.54, 1.807) is 10.9 Å². The Bertz CT molecular complexity index is 499. The minimum Gasteiger partial charge on any atom is -0.373 e. The van der Waals surface area contributed by atoms with Crippen molar-refractivity contribution in [2.45, 2.75) is 37.4 Å². The van der Waals surface area contributed by atoms with Crippen molar-refractivity contribution < 1.29 is 5.11 Å². The lowest BCUT2D eigenvalue weighted by Crippen LogP contribution is -2.07. The first kappa shape index (κ1) is 12.3. The minimum absolute atomic E-state index is 0.551. The number of aliphatic hydroxyl groups is 1. The van der Waals surface area contributed by atoms with Gasteiger partial charge in [-0.05, 0) is 19.1 Å². The van der Waals surface area contributed by atoms with Gasteiger partial charge in [0.1, 0.15) is 23.1 Å². The van der Waals surface area contributed by atoms with E-state index < -0.39 is 6.23 Å². The molecule has 0 radical (unpaired) electrons. The summed E-state index contributed by atoms with van der Waals surface area (Å²) in [5.74, 6) is 0. The maximum atomic E-state index is 10.1. The molecular weight excluding hydrogens is 236 g/mol. The van der Waals surface area contributed by atoms with Crippen LogP contribution < -0.4 is 0 Å². The van der Waals surface area contributed by atoms with Crippen molar-refractivity contribution >= 4 is 22.9 Å². The fourth-order valence-electron chi connectivity index (χ4n) is 1.72. The summed E-state index contributed by atoms with van der Waals surface area (Å²) >= 11 is 1.53. The van der Waals surface area contributed by atoms with Gasteiger partial charge in [0.15, 0.2) is 5.65 Å². The van der Waals surface area contributed by atoms with Gasteiger partial charge in [0.25, 0.3) is 0 Å². The standard InChI is InChI=1S/C11H16N4OS/c1-3-4-5-8(16)15-7-14-9-10(15)12-6-13-11(9)17-2/h6-8,16H,3-5H2,1-2H3. The summed E-state index contributed by atoms with van der Waals surface area (Å²) in [7, 11) is 0. The van der Waals surface area contributed by atoms with Crippen LogP contribution in [-0.2, 0) is 0 Å². The van der Waals surface area contributed by atoms with E-state index in [0.717, 1.165) is 29.8 Å². The molecule has 0 aliphatic heterocycles. The van der Waals surface area contributed by atoms with Crippen LogP contribution in [-0.4, -0.2) is 30.9 Å². The largest absolute Gasteiger partial charge is 0.373 e. The van der Waals surface area contributed by atoms with E-state index in [0.29, 0.717) is 5.65 Å². The van der Waals surface area contributed by atoms with Gasteiger partial charge in [-0.3, -0.25) is 4.57 Å². The van der Waals surface area contributed by atoms with Crippen LogP contribution in [0.5, 0.6) is 0 Å². The van der Waals surface area contributed by atoms with Gasteiger partial charge in [0.2, 0.25) is 0 Å². The number of unbranched alkanes of at least 4 members (excludes halogenated alkanes) is 1. The molecule has 0 saturated carbocycles. The van der Waals surface area contributed by atoms with Crippen molar-refractivity contribution in [3.8, 4) is 0 Å². The van der Waals surface area contributed by atoms with E-state index in [1.165, 1.54) is 18.1 Å². The number of nitrogens with zero attached hydrogens (tertiary/aromatic N) is 4. The number of rotatable bonds is 5. The van der Waals surface area contributed by atoms with Crippen LogP contribution in [0.15, 0.2) is 17.7 Å². The Kier molecular flexibility index (Phi) is 3.96. The molecule has 2 heterocycles. The molecule has 0 amide bonds. The van der Waals surface area contributed by atoms with Crippen LogP contribution in [0.2, 0.25) is 0 Å². The highest BCUT2D eigenvalue weighted by molar-refractivity contribution is 7.98. The van der Waals surface area contributed by atoms with E-state index >= 15 is 0 Å². The zero-order valence-electron chi connectivity index (χ0n) is 10.00. The summed E-state index contributed by atoms with van der Waals surface area (Å²) < 4.78 is 1.71. The molecule has 5 nitrogen and oxygen atoms in total. The Labute approximate surface area is 104 Å². The van der Waals surface area contributed by atoms with Crippen molar-refractivity contribution in [3.05, 3.63) is 12.7 Å². The van der Waals surface area contributed by atoms with Gasteiger partial charge >= 0.3 is 0 Å². The van der Waals surface area contributed by atoms with E-state index in [4.69, 9.17) is 0 Å². The lowest BCUT2D eigenvalue weighted by molar-refractivity contribution is 0.0954. The van der Waals surface area contributed by atoms with Gasteiger partial charge in [-0.25, -0.2) is 15.0 Å². The van der Waals surface area contributed by atoms with Crippen molar-refractivity contribution in [2.75, 3.05) is 6.26 Å². The molecule has 92 valence electrons. The van der Waals surface area contributed by atoms with Crippen LogP contribution in [0.1, 0.15) is 32.4 Å². The number of fused-ring (bicyclic) bond motifs is 1. The molecule has 6 heteroatoms. The van der Waals surface area contributed by atoms with Gasteiger partial charge in [-0.15, -0.1) is 11.8 Å². The van der Waals surface area contributed by atoms with Gasteiger partial charge in [0.05, 0.1) is 6.33 Å². The molecule has 0 saturated heterocycles. The molecule has 2 aromatic rings. The van der Waals surface area contributed by atoms with E-state index in [9.17, 15) is 5.11 Å². The zero-order valence-corrected chi connectivity index (χ0v) is 10.8. The molecule has 0 fully saturated rings. The van der Waals surface area contributed by atoms with Crippen LogP contribution in [0.4, 0.5) is 0 Å². The first-order valence-corrected chi connectivity index (χ1v) is 6.90. The third-order valence-electron chi connectivity index (χ3n) is 2.66. The molecule has 1 atom stereocenters. The number of aromatic nitrogens is 4. The Morgan fingerprint density at radius 1 is 1.41 bits per heavy atom. The molecule has 0 aliphatic carbocycles. The molecule has 2 rings (SSSR count). The van der Waals surface area contributed by atoms with E-state index in [-0.39, 0.29) is 0 Å². The van der Waals surface area contributed by atoms with Gasteiger partial charge in [-0.2, -0.15) is 0 Å². The summed E-state index contributed by atoms with van der Waals surface area (Å²) in [6, 6.07) is 0. The molecule has 2 aromatic heterocycles. The normalized spacial score (nSPS) is 13.1. The quantitative estimate of drug-likeness (QED) is 0.653. The lowest BCUT2D eigenvalue weighted by Gasteiger charge is -2.11. The maximum absolute atomic E-state index is 10.1. The molecule has 1 N–H and O–H groups in total. The summed E-state index contributed by atoms with van der Waals surface area (Å²) in [4.78, 5) is 12.6. The number of thioether (sulfide) groups is 1. The van der Waals surface area contributed by atoms with E-state index in [1.807, 2.05) is 6.26 Å². The van der Waals surface area contributed by atoms with Gasteiger partial charge in [-0.1, -0.05) is 13.3 Å². The topological polar surface area (TPSA) is 63.8 Å². The average Bonchev–Trinajstić information content (AvgIpc) is 2.79. The zero-order chi connectivity index (χ0) is 12.3. The number of hydrogen-bond donors (Lipinski definition) is 1. The smallest absolute Gasteiger partial charge is 0.166 e. The van der Waals surface area contributed by atoms with Crippen LogP contribution in [0.25, 0.3) is 11.2 Å². The van der Waals surface area contributed by atoms with Crippen molar-refractivity contribution in [1.82, 2.24) is 19.5 Å². The Morgan fingerprint density at radius 3 is 2.94 bits per heavy atom. The Morgan fingerprint density at radius 2 is 2.24 bits per heavy atom. The fourth-order valence-corrected chi connectivity index (χ4v) is 2.21. The molecule has 0 aromatic carbocycles. The average molecular weight is 252 g/mol. The predicted octanol–water partition coefficient (Wildman–Crippen LogP) is 2.23. The van der Waals surface area contributed by atoms with Crippen molar-refractivity contribution in [3.63, 3.8) is 0 Å². The molecule has 0 bridgehead atoms.